The van der Waals surface area contributed by atoms with E-state index in [2.05, 4.69) is 5.32 Å². The van der Waals surface area contributed by atoms with Crippen molar-refractivity contribution in [3.63, 3.8) is 0 Å². The molecule has 2 rings (SSSR count). The first-order chi connectivity index (χ1) is 12.0. The Bertz CT molecular complexity index is 749. The van der Waals surface area contributed by atoms with Gasteiger partial charge < -0.3 is 16.0 Å². The highest BCUT2D eigenvalue weighted by Gasteiger charge is 2.16. The van der Waals surface area contributed by atoms with Crippen molar-refractivity contribution in [3.05, 3.63) is 65.5 Å². The Morgan fingerprint density at radius 1 is 1.16 bits per heavy atom. The molecule has 0 aliphatic carbocycles. The number of anilines is 1. The standard InChI is InChI=1S/C19H22FN3O2/c1-14(24)22-18-8-2-5-15(11-18)13-23(10-4-9-21)19(25)16-6-3-7-17(20)12-16/h2-3,5-8,11-12H,4,9-10,13,21H2,1H3,(H,22,24). The van der Waals surface area contributed by atoms with Gasteiger partial charge in [0.25, 0.3) is 5.91 Å². The van der Waals surface area contributed by atoms with Crippen LogP contribution in [0.5, 0.6) is 0 Å². The van der Waals surface area contributed by atoms with Gasteiger partial charge in [-0.1, -0.05) is 18.2 Å². The third kappa shape index (κ3) is 5.69. The molecule has 0 bridgehead atoms. The van der Waals surface area contributed by atoms with Crippen LogP contribution in [-0.4, -0.2) is 29.8 Å². The van der Waals surface area contributed by atoms with Crippen LogP contribution in [-0.2, 0) is 11.3 Å². The maximum Gasteiger partial charge on any atom is 0.254 e. The Morgan fingerprint density at radius 3 is 2.60 bits per heavy atom. The van der Waals surface area contributed by atoms with Crippen LogP contribution in [0.2, 0.25) is 0 Å². The van der Waals surface area contributed by atoms with Gasteiger partial charge >= 0.3 is 0 Å². The van der Waals surface area contributed by atoms with Gasteiger partial charge in [0.15, 0.2) is 0 Å². The van der Waals surface area contributed by atoms with Gasteiger partial charge in [0, 0.05) is 31.3 Å². The van der Waals surface area contributed by atoms with Crippen LogP contribution in [0.4, 0.5) is 10.1 Å². The lowest BCUT2D eigenvalue weighted by Gasteiger charge is -2.23. The highest BCUT2D eigenvalue weighted by atomic mass is 19.1. The molecule has 2 aromatic carbocycles. The second-order valence-electron chi connectivity index (χ2n) is 5.76. The highest BCUT2D eigenvalue weighted by Crippen LogP contribution is 2.15. The number of rotatable bonds is 7. The zero-order valence-electron chi connectivity index (χ0n) is 14.2. The van der Waals surface area contributed by atoms with E-state index in [4.69, 9.17) is 5.73 Å². The summed E-state index contributed by atoms with van der Waals surface area (Å²) in [6.07, 6.45) is 0.645. The summed E-state index contributed by atoms with van der Waals surface area (Å²) in [6.45, 7) is 2.71. The normalized spacial score (nSPS) is 10.4. The van der Waals surface area contributed by atoms with Crippen LogP contribution in [0.15, 0.2) is 48.5 Å². The number of hydrogen-bond donors (Lipinski definition) is 2. The first kappa shape index (κ1) is 18.6. The average molecular weight is 343 g/mol. The minimum absolute atomic E-state index is 0.159. The predicted molar refractivity (Wildman–Crippen MR) is 95.6 cm³/mol. The molecule has 0 atom stereocenters. The number of nitrogens with zero attached hydrogens (tertiary/aromatic N) is 1. The van der Waals surface area contributed by atoms with Crippen molar-refractivity contribution in [2.75, 3.05) is 18.4 Å². The van der Waals surface area contributed by atoms with E-state index in [1.165, 1.54) is 25.1 Å². The fourth-order valence-electron chi connectivity index (χ4n) is 2.51. The molecule has 0 heterocycles. The van der Waals surface area contributed by atoms with Gasteiger partial charge in [-0.3, -0.25) is 9.59 Å². The predicted octanol–water partition coefficient (Wildman–Crippen LogP) is 2.78. The maximum atomic E-state index is 13.4. The van der Waals surface area contributed by atoms with Gasteiger partial charge in [-0.05, 0) is 48.9 Å². The van der Waals surface area contributed by atoms with Crippen LogP contribution in [0, 0.1) is 5.82 Å². The van der Waals surface area contributed by atoms with Gasteiger partial charge in [0.2, 0.25) is 5.91 Å². The molecule has 0 spiro atoms. The molecular weight excluding hydrogens is 321 g/mol. The van der Waals surface area contributed by atoms with Crippen molar-refractivity contribution in [1.29, 1.82) is 0 Å². The summed E-state index contributed by atoms with van der Waals surface area (Å²) < 4.78 is 13.4. The smallest absolute Gasteiger partial charge is 0.254 e. The first-order valence-electron chi connectivity index (χ1n) is 8.11. The Hall–Kier alpha value is -2.73. The highest BCUT2D eigenvalue weighted by molar-refractivity contribution is 5.94. The molecule has 2 aromatic rings. The number of nitrogens with two attached hydrogens (primary N) is 1. The fraction of sp³-hybridized carbons (Fsp3) is 0.263. The number of benzene rings is 2. The van der Waals surface area contributed by atoms with Crippen LogP contribution in [0.3, 0.4) is 0 Å². The Balaban J connectivity index is 2.20. The third-order valence-electron chi connectivity index (χ3n) is 3.61. The molecule has 0 unspecified atom stereocenters. The minimum atomic E-state index is -0.447. The van der Waals surface area contributed by atoms with E-state index in [9.17, 15) is 14.0 Å². The number of carbonyl (C=O) groups is 2. The van der Waals surface area contributed by atoms with Crippen LogP contribution < -0.4 is 11.1 Å². The molecule has 5 nitrogen and oxygen atoms in total. The fourth-order valence-corrected chi connectivity index (χ4v) is 2.51. The van der Waals surface area contributed by atoms with E-state index in [0.29, 0.717) is 37.3 Å². The van der Waals surface area contributed by atoms with E-state index in [0.717, 1.165) is 5.56 Å². The maximum absolute atomic E-state index is 13.4. The van der Waals surface area contributed by atoms with Crippen molar-refractivity contribution >= 4 is 17.5 Å². The summed E-state index contributed by atoms with van der Waals surface area (Å²) >= 11 is 0. The number of hydrogen-bond acceptors (Lipinski definition) is 3. The van der Waals surface area contributed by atoms with Crippen molar-refractivity contribution in [2.24, 2.45) is 5.73 Å². The Labute approximate surface area is 146 Å². The first-order valence-corrected chi connectivity index (χ1v) is 8.11. The van der Waals surface area contributed by atoms with Gasteiger partial charge in [-0.25, -0.2) is 4.39 Å². The molecule has 0 aromatic heterocycles. The van der Waals surface area contributed by atoms with E-state index in [1.807, 2.05) is 18.2 Å². The number of halogens is 1. The molecule has 0 saturated heterocycles. The summed E-state index contributed by atoms with van der Waals surface area (Å²) in [7, 11) is 0. The molecule has 2 amide bonds. The molecule has 0 radical (unpaired) electrons. The molecule has 0 aliphatic rings. The van der Waals surface area contributed by atoms with E-state index in [1.54, 1.807) is 17.0 Å². The zero-order chi connectivity index (χ0) is 18.2. The van der Waals surface area contributed by atoms with E-state index in [-0.39, 0.29) is 11.8 Å². The number of carbonyl (C=O) groups excluding carboxylic acids is 2. The summed E-state index contributed by atoms with van der Waals surface area (Å²) in [4.78, 5) is 25.5. The molecular formula is C19H22FN3O2. The van der Waals surface area contributed by atoms with Crippen LogP contribution in [0.1, 0.15) is 29.3 Å². The van der Waals surface area contributed by atoms with Crippen molar-refractivity contribution in [2.45, 2.75) is 19.9 Å². The Morgan fingerprint density at radius 2 is 1.92 bits per heavy atom. The molecule has 0 saturated carbocycles. The monoisotopic (exact) mass is 343 g/mol. The van der Waals surface area contributed by atoms with Crippen molar-refractivity contribution < 1.29 is 14.0 Å². The summed E-state index contributed by atoms with van der Waals surface area (Å²) in [5.41, 5.74) is 7.40. The molecule has 25 heavy (non-hydrogen) atoms. The van der Waals surface area contributed by atoms with Crippen molar-refractivity contribution in [3.8, 4) is 0 Å². The van der Waals surface area contributed by atoms with E-state index < -0.39 is 5.82 Å². The minimum Gasteiger partial charge on any atom is -0.334 e. The van der Waals surface area contributed by atoms with Gasteiger partial charge in [0.1, 0.15) is 5.82 Å². The SMILES string of the molecule is CC(=O)Nc1cccc(CN(CCCN)C(=O)c2cccc(F)c2)c1. The number of nitrogens with one attached hydrogen (secondary N) is 1. The topological polar surface area (TPSA) is 75.4 Å². The average Bonchev–Trinajstić information content (AvgIpc) is 2.57. The van der Waals surface area contributed by atoms with Gasteiger partial charge in [-0.2, -0.15) is 0 Å². The quantitative estimate of drug-likeness (QED) is 0.812. The lowest BCUT2D eigenvalue weighted by molar-refractivity contribution is -0.114. The van der Waals surface area contributed by atoms with Crippen LogP contribution >= 0.6 is 0 Å². The van der Waals surface area contributed by atoms with Crippen molar-refractivity contribution in [1.82, 2.24) is 4.90 Å². The third-order valence-corrected chi connectivity index (χ3v) is 3.61. The van der Waals surface area contributed by atoms with Gasteiger partial charge in [-0.15, -0.1) is 0 Å². The largest absolute Gasteiger partial charge is 0.334 e. The summed E-state index contributed by atoms with van der Waals surface area (Å²) in [5.74, 6) is -0.858. The molecule has 0 fully saturated rings. The summed E-state index contributed by atoms with van der Waals surface area (Å²) in [6, 6.07) is 12.9. The molecule has 132 valence electrons. The molecule has 3 N–H and O–H groups in total. The van der Waals surface area contributed by atoms with Gasteiger partial charge in [0.05, 0.1) is 0 Å². The molecule has 0 aliphatic heterocycles. The van der Waals surface area contributed by atoms with Crippen LogP contribution in [0.25, 0.3) is 0 Å². The zero-order valence-corrected chi connectivity index (χ0v) is 14.2. The second kappa shape index (κ2) is 8.94. The molecule has 6 heteroatoms. The lowest BCUT2D eigenvalue weighted by Crippen LogP contribution is -2.32. The van der Waals surface area contributed by atoms with E-state index >= 15 is 0 Å². The second-order valence-corrected chi connectivity index (χ2v) is 5.76. The lowest BCUT2D eigenvalue weighted by atomic mass is 10.1. The Kier molecular flexibility index (Phi) is 6.65. The summed E-state index contributed by atoms with van der Waals surface area (Å²) in [5, 5.41) is 2.72. The number of amides is 2.